The van der Waals surface area contributed by atoms with Crippen molar-refractivity contribution in [2.24, 2.45) is 0 Å². The van der Waals surface area contributed by atoms with Gasteiger partial charge in [-0.1, -0.05) is 44.2 Å². The molecule has 1 saturated heterocycles. The van der Waals surface area contributed by atoms with Crippen molar-refractivity contribution in [3.05, 3.63) is 82.4 Å². The summed E-state index contributed by atoms with van der Waals surface area (Å²) in [5, 5.41) is 12.3. The minimum Gasteiger partial charge on any atom is -0.351 e. The monoisotopic (exact) mass is 654 g/mol. The van der Waals surface area contributed by atoms with Crippen LogP contribution in [0.15, 0.2) is 54.7 Å². The summed E-state index contributed by atoms with van der Waals surface area (Å²) in [5.41, 5.74) is 0.775. The molecule has 46 heavy (non-hydrogen) atoms. The molecule has 242 valence electrons. The van der Waals surface area contributed by atoms with E-state index in [4.69, 9.17) is 11.6 Å². The summed E-state index contributed by atoms with van der Waals surface area (Å²) >= 11 is 6.60. The van der Waals surface area contributed by atoms with Crippen LogP contribution in [0.5, 0.6) is 0 Å². The van der Waals surface area contributed by atoms with Gasteiger partial charge in [0, 0.05) is 47.8 Å². The molecule has 1 aromatic heterocycles. The third-order valence-electron chi connectivity index (χ3n) is 8.11. The largest absolute Gasteiger partial charge is 0.351 e. The summed E-state index contributed by atoms with van der Waals surface area (Å²) in [6, 6.07) is 10.3. The van der Waals surface area contributed by atoms with E-state index in [1.54, 1.807) is 31.2 Å². The van der Waals surface area contributed by atoms with E-state index in [-0.39, 0.29) is 61.0 Å². The zero-order valence-electron chi connectivity index (χ0n) is 24.4. The van der Waals surface area contributed by atoms with Crippen molar-refractivity contribution in [1.82, 2.24) is 15.3 Å². The van der Waals surface area contributed by atoms with Gasteiger partial charge in [-0.25, -0.2) is 23.1 Å². The van der Waals surface area contributed by atoms with E-state index < -0.39 is 60.4 Å². The van der Waals surface area contributed by atoms with Crippen LogP contribution in [-0.2, 0) is 20.8 Å². The van der Waals surface area contributed by atoms with E-state index in [2.05, 4.69) is 15.3 Å². The number of halogens is 4. The van der Waals surface area contributed by atoms with Gasteiger partial charge in [0.05, 0.1) is 0 Å². The lowest BCUT2D eigenvalue weighted by atomic mass is 9.91. The molecule has 0 radical (unpaired) electrons. The van der Waals surface area contributed by atoms with Crippen LogP contribution in [0.3, 0.4) is 0 Å². The molecule has 3 amide bonds. The molecule has 2 heterocycles. The average molecular weight is 655 g/mol. The van der Waals surface area contributed by atoms with E-state index in [0.29, 0.717) is 12.0 Å². The van der Waals surface area contributed by atoms with E-state index in [1.165, 1.54) is 24.4 Å². The van der Waals surface area contributed by atoms with Crippen LogP contribution in [0.4, 0.5) is 24.8 Å². The Morgan fingerprint density at radius 3 is 2.57 bits per heavy atom. The number of hydrogen-bond acceptors (Lipinski definition) is 6. The summed E-state index contributed by atoms with van der Waals surface area (Å²) < 4.78 is 42.9. The molecule has 9 nitrogen and oxygen atoms in total. The number of aromatic nitrogens is 2. The molecule has 0 unspecified atom stereocenters. The number of nitriles is 1. The lowest BCUT2D eigenvalue weighted by molar-refractivity contribution is -0.128. The molecule has 5 rings (SSSR count). The molecule has 1 aliphatic heterocycles. The third-order valence-corrected chi connectivity index (χ3v) is 8.45. The van der Waals surface area contributed by atoms with Crippen LogP contribution in [0.1, 0.15) is 75.7 Å². The Morgan fingerprint density at radius 2 is 1.89 bits per heavy atom. The van der Waals surface area contributed by atoms with Crippen molar-refractivity contribution in [2.75, 3.05) is 9.80 Å². The quantitative estimate of drug-likeness (QED) is 0.304. The number of carbonyl (C=O) groups excluding carboxylic acids is 3. The van der Waals surface area contributed by atoms with Gasteiger partial charge in [0.25, 0.3) is 5.91 Å². The summed E-state index contributed by atoms with van der Waals surface area (Å²) in [6.45, 7) is 1.80. The van der Waals surface area contributed by atoms with Gasteiger partial charge in [0.15, 0.2) is 0 Å². The van der Waals surface area contributed by atoms with Crippen LogP contribution in [0.25, 0.3) is 0 Å². The highest BCUT2D eigenvalue weighted by Crippen LogP contribution is 2.38. The van der Waals surface area contributed by atoms with E-state index >= 15 is 4.39 Å². The van der Waals surface area contributed by atoms with Gasteiger partial charge >= 0.3 is 0 Å². The van der Waals surface area contributed by atoms with Crippen molar-refractivity contribution < 1.29 is 27.6 Å². The van der Waals surface area contributed by atoms with Crippen LogP contribution in [0, 0.1) is 17.1 Å². The maximum atomic E-state index is 15.0. The number of hydrogen-bond donors (Lipinski definition) is 1. The first kappa shape index (κ1) is 34.4. The fraction of sp³-hybridized carbons (Fsp3) is 0.394. The first-order chi connectivity index (χ1) is 21.5. The minimum atomic E-state index is -2.83. The molecule has 2 aliphatic rings. The van der Waals surface area contributed by atoms with Gasteiger partial charge in [-0.05, 0) is 61.6 Å². The summed E-state index contributed by atoms with van der Waals surface area (Å²) in [5.74, 6) is -5.56. The van der Waals surface area contributed by atoms with Crippen molar-refractivity contribution >= 4 is 41.0 Å². The van der Waals surface area contributed by atoms with Gasteiger partial charge in [-0.3, -0.25) is 24.2 Å². The van der Waals surface area contributed by atoms with Gasteiger partial charge in [-0.2, -0.15) is 5.26 Å². The Morgan fingerprint density at radius 1 is 1.17 bits per heavy atom. The molecule has 13 heteroatoms. The predicted octanol–water partition coefficient (Wildman–Crippen LogP) is 6.30. The van der Waals surface area contributed by atoms with E-state index in [9.17, 15) is 28.4 Å². The molecule has 3 aromatic rings. The number of nitrogens with zero attached hydrogens (tertiary/aromatic N) is 5. The lowest BCUT2D eigenvalue weighted by Crippen LogP contribution is -2.53. The van der Waals surface area contributed by atoms with Crippen molar-refractivity contribution in [3.63, 3.8) is 0 Å². The van der Waals surface area contributed by atoms with Gasteiger partial charge in [0.1, 0.15) is 29.7 Å². The van der Waals surface area contributed by atoms with Crippen molar-refractivity contribution in [1.29, 1.82) is 5.26 Å². The highest BCUT2D eigenvalue weighted by molar-refractivity contribution is 6.31. The molecular formula is C33H34ClF3N6O3. The zero-order valence-corrected chi connectivity index (χ0v) is 25.1. The standard InChI is InChI=1S/C32H30ClF3N6O3.CH4/c1-2-19-15-20(34)17-23(16-19)41(30(45)26-7-8-27(43)42(26)31-38-14-11-22(18-37)40-31)28(24-5-3-4-6-25(24)33)29(44)39-21-9-12-32(35,36)13-10-21;/h3-6,11,14-17,21,26,28H,2,7-10,12-13H2,1H3,(H,39,44);1H4/t26-,28-;/m0./s1. The van der Waals surface area contributed by atoms with Crippen LogP contribution in [-0.4, -0.2) is 45.7 Å². The predicted molar refractivity (Wildman–Crippen MR) is 167 cm³/mol. The number of rotatable bonds is 8. The van der Waals surface area contributed by atoms with Gasteiger partial charge in [-0.15, -0.1) is 0 Å². The number of alkyl halides is 2. The van der Waals surface area contributed by atoms with E-state index in [1.807, 2.05) is 6.07 Å². The molecule has 2 atom stereocenters. The molecule has 0 spiro atoms. The Kier molecular flexibility index (Phi) is 10.7. The Labute approximate surface area is 270 Å². The molecule has 2 aromatic carbocycles. The van der Waals surface area contributed by atoms with Crippen molar-refractivity contribution in [2.45, 2.75) is 83.3 Å². The lowest BCUT2D eigenvalue weighted by Gasteiger charge is -2.37. The molecule has 1 aliphatic carbocycles. The van der Waals surface area contributed by atoms with Crippen LogP contribution in [0.2, 0.25) is 5.02 Å². The third kappa shape index (κ3) is 7.31. The maximum absolute atomic E-state index is 15.0. The number of aryl methyl sites for hydroxylation is 1. The first-order valence-electron chi connectivity index (χ1n) is 14.6. The second-order valence-electron chi connectivity index (χ2n) is 11.1. The number of amides is 3. The Bertz CT molecular complexity index is 1660. The highest BCUT2D eigenvalue weighted by Gasteiger charge is 2.45. The second-order valence-corrected chi connectivity index (χ2v) is 11.5. The minimum absolute atomic E-state index is 0. The zero-order chi connectivity index (χ0) is 32.3. The summed E-state index contributed by atoms with van der Waals surface area (Å²) in [6.07, 6.45) is 0.934. The fourth-order valence-corrected chi connectivity index (χ4v) is 6.03. The van der Waals surface area contributed by atoms with Crippen molar-refractivity contribution in [3.8, 4) is 6.07 Å². The number of nitrogens with one attached hydrogen (secondary N) is 1. The van der Waals surface area contributed by atoms with E-state index in [0.717, 1.165) is 15.9 Å². The summed E-state index contributed by atoms with van der Waals surface area (Å²) in [7, 11) is 0. The molecular weight excluding hydrogens is 621 g/mol. The fourth-order valence-electron chi connectivity index (χ4n) is 5.79. The van der Waals surface area contributed by atoms with Gasteiger partial charge < -0.3 is 5.32 Å². The molecule has 2 fully saturated rings. The van der Waals surface area contributed by atoms with Crippen LogP contribution >= 0.6 is 11.6 Å². The number of anilines is 2. The molecule has 1 N–H and O–H groups in total. The molecule has 0 bridgehead atoms. The Balaban J connectivity index is 0.00000480. The normalized spacial score (nSPS) is 18.3. The van der Waals surface area contributed by atoms with Crippen LogP contribution < -0.4 is 15.1 Å². The smallest absolute Gasteiger partial charge is 0.251 e. The second kappa shape index (κ2) is 14.3. The molecule has 1 saturated carbocycles. The van der Waals surface area contributed by atoms with Gasteiger partial charge in [0.2, 0.25) is 23.7 Å². The maximum Gasteiger partial charge on any atom is 0.251 e. The number of benzene rings is 2. The number of carbonyl (C=O) groups is 3. The first-order valence-corrected chi connectivity index (χ1v) is 15.0. The topological polar surface area (TPSA) is 119 Å². The average Bonchev–Trinajstić information content (AvgIpc) is 3.41. The highest BCUT2D eigenvalue weighted by atomic mass is 35.5. The Hall–Kier alpha value is -4.50. The SMILES string of the molecule is C.CCc1cc(F)cc(N(C(=O)[C@@H]2CCC(=O)N2c2nccc(C#N)n2)[C@H](C(=O)NC2CCC(F)(F)CC2)c2ccccc2Cl)c1. The summed E-state index contributed by atoms with van der Waals surface area (Å²) in [4.78, 5) is 52.5.